The third-order valence-corrected chi connectivity index (χ3v) is 2.58. The molecule has 0 spiro atoms. The molecule has 0 atom stereocenters. The Balaban J connectivity index is 2.02. The van der Waals surface area contributed by atoms with Crippen LogP contribution in [-0.4, -0.2) is 11.8 Å². The van der Waals surface area contributed by atoms with Gasteiger partial charge in [0.1, 0.15) is 6.20 Å². The van der Waals surface area contributed by atoms with E-state index in [1.54, 1.807) is 6.20 Å². The summed E-state index contributed by atoms with van der Waals surface area (Å²) in [5, 5.41) is 3.80. The second kappa shape index (κ2) is 6.09. The van der Waals surface area contributed by atoms with Crippen LogP contribution in [0.4, 0.5) is 0 Å². The van der Waals surface area contributed by atoms with Gasteiger partial charge in [0.25, 0.3) is 0 Å². The van der Waals surface area contributed by atoms with Crippen LogP contribution < -0.4 is 4.74 Å². The van der Waals surface area contributed by atoms with Crippen molar-refractivity contribution in [1.82, 2.24) is 5.16 Å². The van der Waals surface area contributed by atoms with E-state index in [0.717, 1.165) is 24.3 Å². The largest absolute Gasteiger partial charge is 0.488 e. The molecule has 0 amide bonds. The molecule has 3 nitrogen and oxygen atoms in total. The minimum atomic E-state index is 0.710. The summed E-state index contributed by atoms with van der Waals surface area (Å²) >= 11 is 0. The van der Waals surface area contributed by atoms with Crippen LogP contribution in [0.25, 0.3) is 11.3 Å². The van der Waals surface area contributed by atoms with E-state index in [4.69, 9.17) is 9.26 Å². The fourth-order valence-corrected chi connectivity index (χ4v) is 1.65. The van der Waals surface area contributed by atoms with E-state index in [2.05, 4.69) is 12.1 Å². The Bertz CT molecular complexity index is 436. The van der Waals surface area contributed by atoms with Crippen LogP contribution in [0.1, 0.15) is 26.2 Å². The van der Waals surface area contributed by atoms with Crippen LogP contribution in [0.5, 0.6) is 5.75 Å². The number of ether oxygens (including phenoxy) is 1. The van der Waals surface area contributed by atoms with Crippen molar-refractivity contribution in [2.45, 2.75) is 26.2 Å². The zero-order chi connectivity index (χ0) is 11.9. The zero-order valence-corrected chi connectivity index (χ0v) is 10.1. The first kappa shape index (κ1) is 11.7. The predicted molar refractivity (Wildman–Crippen MR) is 67.0 cm³/mol. The lowest BCUT2D eigenvalue weighted by Crippen LogP contribution is -1.96. The summed E-state index contributed by atoms with van der Waals surface area (Å²) in [6, 6.07) is 9.89. The molecular weight excluding hydrogens is 214 g/mol. The van der Waals surface area contributed by atoms with Gasteiger partial charge < -0.3 is 9.26 Å². The zero-order valence-electron chi connectivity index (χ0n) is 10.1. The molecule has 1 aromatic heterocycles. The van der Waals surface area contributed by atoms with E-state index in [9.17, 15) is 0 Å². The molecule has 1 aromatic carbocycles. The summed E-state index contributed by atoms with van der Waals surface area (Å²) in [6.07, 6.45) is 5.08. The number of hydrogen-bond acceptors (Lipinski definition) is 3. The van der Waals surface area contributed by atoms with E-state index in [1.165, 1.54) is 12.8 Å². The van der Waals surface area contributed by atoms with Gasteiger partial charge in [0.15, 0.2) is 5.75 Å². The van der Waals surface area contributed by atoms with Crippen molar-refractivity contribution in [3.05, 3.63) is 36.5 Å². The van der Waals surface area contributed by atoms with Crippen molar-refractivity contribution >= 4 is 0 Å². The van der Waals surface area contributed by atoms with Crippen molar-refractivity contribution in [1.29, 1.82) is 0 Å². The molecule has 2 rings (SSSR count). The van der Waals surface area contributed by atoms with Gasteiger partial charge in [-0.2, -0.15) is 0 Å². The standard InChI is InChI=1S/C14H17NO2/c1-2-3-7-10-16-13-11-15-17-14(13)12-8-5-4-6-9-12/h4-6,8-9,11H,2-3,7,10H2,1H3. The van der Waals surface area contributed by atoms with Gasteiger partial charge in [-0.3, -0.25) is 0 Å². The minimum Gasteiger partial charge on any atom is -0.488 e. The summed E-state index contributed by atoms with van der Waals surface area (Å²) in [5.41, 5.74) is 0.996. The lowest BCUT2D eigenvalue weighted by Gasteiger charge is -2.04. The number of unbranched alkanes of at least 4 members (excludes halogenated alkanes) is 2. The Hall–Kier alpha value is -1.77. The molecule has 0 radical (unpaired) electrons. The van der Waals surface area contributed by atoms with Crippen LogP contribution in [0, 0.1) is 0 Å². The van der Waals surface area contributed by atoms with Crippen molar-refractivity contribution in [3.8, 4) is 17.1 Å². The van der Waals surface area contributed by atoms with Gasteiger partial charge in [-0.15, -0.1) is 0 Å². The topological polar surface area (TPSA) is 35.3 Å². The van der Waals surface area contributed by atoms with Gasteiger partial charge in [-0.1, -0.05) is 55.3 Å². The fraction of sp³-hybridized carbons (Fsp3) is 0.357. The summed E-state index contributed by atoms with van der Waals surface area (Å²) < 4.78 is 10.9. The maximum Gasteiger partial charge on any atom is 0.208 e. The highest BCUT2D eigenvalue weighted by molar-refractivity contribution is 5.63. The Morgan fingerprint density at radius 2 is 2.00 bits per heavy atom. The number of aromatic nitrogens is 1. The monoisotopic (exact) mass is 231 g/mol. The van der Waals surface area contributed by atoms with Gasteiger partial charge in [0.05, 0.1) is 6.61 Å². The number of hydrogen-bond donors (Lipinski definition) is 0. The molecule has 1 heterocycles. The van der Waals surface area contributed by atoms with E-state index in [1.807, 2.05) is 30.3 Å². The second-order valence-electron chi connectivity index (χ2n) is 3.94. The van der Waals surface area contributed by atoms with Crippen molar-refractivity contribution < 1.29 is 9.26 Å². The normalized spacial score (nSPS) is 10.4. The fourth-order valence-electron chi connectivity index (χ4n) is 1.65. The van der Waals surface area contributed by atoms with Gasteiger partial charge in [0, 0.05) is 5.56 Å². The van der Waals surface area contributed by atoms with Gasteiger partial charge in [-0.25, -0.2) is 0 Å². The lowest BCUT2D eigenvalue weighted by molar-refractivity contribution is 0.304. The van der Waals surface area contributed by atoms with Crippen LogP contribution in [0.2, 0.25) is 0 Å². The quantitative estimate of drug-likeness (QED) is 0.707. The first-order valence-electron chi connectivity index (χ1n) is 6.04. The number of benzene rings is 1. The molecule has 0 unspecified atom stereocenters. The molecule has 0 aliphatic rings. The molecule has 0 saturated heterocycles. The summed E-state index contributed by atoms with van der Waals surface area (Å²) in [5.74, 6) is 1.44. The Morgan fingerprint density at radius 3 is 2.76 bits per heavy atom. The summed E-state index contributed by atoms with van der Waals surface area (Å²) in [4.78, 5) is 0. The average Bonchev–Trinajstić information content (AvgIpc) is 2.84. The van der Waals surface area contributed by atoms with Gasteiger partial charge >= 0.3 is 0 Å². The van der Waals surface area contributed by atoms with Crippen molar-refractivity contribution in [3.63, 3.8) is 0 Å². The molecular formula is C14H17NO2. The molecule has 90 valence electrons. The SMILES string of the molecule is CCCCCOc1cnoc1-c1ccccc1. The third-order valence-electron chi connectivity index (χ3n) is 2.58. The smallest absolute Gasteiger partial charge is 0.208 e. The maximum atomic E-state index is 5.68. The first-order valence-corrected chi connectivity index (χ1v) is 6.04. The van der Waals surface area contributed by atoms with Gasteiger partial charge in [-0.05, 0) is 6.42 Å². The van der Waals surface area contributed by atoms with Crippen LogP contribution in [0.3, 0.4) is 0 Å². The molecule has 3 heteroatoms. The molecule has 0 bridgehead atoms. The Labute approximate surface area is 101 Å². The highest BCUT2D eigenvalue weighted by Crippen LogP contribution is 2.29. The molecule has 17 heavy (non-hydrogen) atoms. The van der Waals surface area contributed by atoms with E-state index < -0.39 is 0 Å². The highest BCUT2D eigenvalue weighted by Gasteiger charge is 2.11. The Morgan fingerprint density at radius 1 is 1.18 bits per heavy atom. The molecule has 0 fully saturated rings. The second-order valence-corrected chi connectivity index (χ2v) is 3.94. The number of nitrogens with zero attached hydrogens (tertiary/aromatic N) is 1. The predicted octanol–water partition coefficient (Wildman–Crippen LogP) is 3.91. The minimum absolute atomic E-state index is 0.710. The third kappa shape index (κ3) is 3.09. The van der Waals surface area contributed by atoms with E-state index in [0.29, 0.717) is 5.76 Å². The molecule has 0 saturated carbocycles. The molecule has 2 aromatic rings. The lowest BCUT2D eigenvalue weighted by atomic mass is 10.2. The van der Waals surface area contributed by atoms with Crippen LogP contribution in [0.15, 0.2) is 41.1 Å². The number of rotatable bonds is 6. The molecule has 0 aliphatic heterocycles. The van der Waals surface area contributed by atoms with E-state index >= 15 is 0 Å². The maximum absolute atomic E-state index is 5.68. The van der Waals surface area contributed by atoms with Crippen molar-refractivity contribution in [2.75, 3.05) is 6.61 Å². The first-order chi connectivity index (χ1) is 8.42. The van der Waals surface area contributed by atoms with Gasteiger partial charge in [0.2, 0.25) is 5.76 Å². The average molecular weight is 231 g/mol. The molecule has 0 aliphatic carbocycles. The van der Waals surface area contributed by atoms with Crippen molar-refractivity contribution in [2.24, 2.45) is 0 Å². The van der Waals surface area contributed by atoms with E-state index in [-0.39, 0.29) is 0 Å². The summed E-state index contributed by atoms with van der Waals surface area (Å²) in [6.45, 7) is 2.89. The van der Waals surface area contributed by atoms with Crippen LogP contribution >= 0.6 is 0 Å². The molecule has 0 N–H and O–H groups in total. The Kier molecular flexibility index (Phi) is 4.19. The summed E-state index contributed by atoms with van der Waals surface area (Å²) in [7, 11) is 0. The van der Waals surface area contributed by atoms with Crippen LogP contribution in [-0.2, 0) is 0 Å². The highest BCUT2D eigenvalue weighted by atomic mass is 16.5.